The number of aryl methyl sites for hydroxylation is 2. The number of benzene rings is 3. The average Bonchev–Trinajstić information content (AvgIpc) is 3.18. The monoisotopic (exact) mass is 365 g/mol. The molecule has 0 saturated heterocycles. The van der Waals surface area contributed by atoms with Crippen LogP contribution in [0.4, 0.5) is 0 Å². The standard InChI is InChI=1S/C25H23N3/c1-16-9-5-8-12-23(16)28-24(26-17(2)27-28)18-13-14-20-19-10-6-7-11-21(19)25(3,4)22(20)15-18/h5-15H,1-4H3. The Morgan fingerprint density at radius 3 is 2.32 bits per heavy atom. The van der Waals surface area contributed by atoms with E-state index in [4.69, 9.17) is 10.1 Å². The Balaban J connectivity index is 1.71. The highest BCUT2D eigenvalue weighted by Gasteiger charge is 2.35. The summed E-state index contributed by atoms with van der Waals surface area (Å²) in [6, 6.07) is 23.7. The van der Waals surface area contributed by atoms with Gasteiger partial charge in [-0.2, -0.15) is 5.10 Å². The highest BCUT2D eigenvalue weighted by Crippen LogP contribution is 2.49. The molecular formula is C25H23N3. The molecule has 4 aromatic rings. The van der Waals surface area contributed by atoms with Crippen molar-refractivity contribution in [1.82, 2.24) is 14.8 Å². The van der Waals surface area contributed by atoms with Gasteiger partial charge in [0.05, 0.1) is 5.69 Å². The van der Waals surface area contributed by atoms with Crippen molar-refractivity contribution in [3.05, 3.63) is 89.2 Å². The first-order valence-electron chi connectivity index (χ1n) is 9.71. The minimum absolute atomic E-state index is 0.0233. The smallest absolute Gasteiger partial charge is 0.163 e. The molecular weight excluding hydrogens is 342 g/mol. The van der Waals surface area contributed by atoms with Crippen molar-refractivity contribution in [2.24, 2.45) is 0 Å². The third-order valence-corrected chi connectivity index (χ3v) is 5.90. The zero-order valence-corrected chi connectivity index (χ0v) is 16.7. The molecule has 0 spiro atoms. The molecule has 0 fully saturated rings. The Morgan fingerprint density at radius 1 is 0.786 bits per heavy atom. The summed E-state index contributed by atoms with van der Waals surface area (Å²) in [5.74, 6) is 1.67. The number of fused-ring (bicyclic) bond motifs is 3. The van der Waals surface area contributed by atoms with Gasteiger partial charge < -0.3 is 0 Å². The minimum atomic E-state index is -0.0233. The average molecular weight is 365 g/mol. The largest absolute Gasteiger partial charge is 0.213 e. The van der Waals surface area contributed by atoms with Gasteiger partial charge in [0.1, 0.15) is 5.82 Å². The van der Waals surface area contributed by atoms with Gasteiger partial charge in [-0.05, 0) is 53.8 Å². The van der Waals surface area contributed by atoms with E-state index < -0.39 is 0 Å². The first kappa shape index (κ1) is 16.9. The maximum absolute atomic E-state index is 4.77. The van der Waals surface area contributed by atoms with E-state index in [1.807, 2.05) is 17.7 Å². The van der Waals surface area contributed by atoms with Gasteiger partial charge in [-0.25, -0.2) is 9.67 Å². The van der Waals surface area contributed by atoms with Crippen molar-refractivity contribution in [3.63, 3.8) is 0 Å². The van der Waals surface area contributed by atoms with Crippen LogP contribution in [0, 0.1) is 13.8 Å². The van der Waals surface area contributed by atoms with Crippen LogP contribution >= 0.6 is 0 Å². The normalized spacial score (nSPS) is 14.0. The molecule has 5 rings (SSSR count). The highest BCUT2D eigenvalue weighted by atomic mass is 15.3. The maximum Gasteiger partial charge on any atom is 0.163 e. The second-order valence-electron chi connectivity index (χ2n) is 8.11. The summed E-state index contributed by atoms with van der Waals surface area (Å²) < 4.78 is 1.97. The maximum atomic E-state index is 4.77. The van der Waals surface area contributed by atoms with Crippen molar-refractivity contribution < 1.29 is 0 Å². The Hall–Kier alpha value is -3.20. The molecule has 1 aromatic heterocycles. The lowest BCUT2D eigenvalue weighted by Gasteiger charge is -2.21. The SMILES string of the molecule is Cc1nc(-c2ccc3c(c2)C(C)(C)c2ccccc2-3)n(-c2ccccc2C)n1. The first-order chi connectivity index (χ1) is 13.5. The van der Waals surface area contributed by atoms with Crippen LogP contribution < -0.4 is 0 Å². The third-order valence-electron chi connectivity index (χ3n) is 5.90. The Labute approximate surface area is 165 Å². The number of aromatic nitrogens is 3. The van der Waals surface area contributed by atoms with E-state index in [0.29, 0.717) is 0 Å². The second-order valence-corrected chi connectivity index (χ2v) is 8.11. The Morgan fingerprint density at radius 2 is 1.50 bits per heavy atom. The van der Waals surface area contributed by atoms with Crippen molar-refractivity contribution in [2.45, 2.75) is 33.1 Å². The Kier molecular flexibility index (Phi) is 3.57. The minimum Gasteiger partial charge on any atom is -0.213 e. The van der Waals surface area contributed by atoms with Crippen molar-refractivity contribution in [1.29, 1.82) is 0 Å². The molecule has 1 heterocycles. The third kappa shape index (κ3) is 2.36. The summed E-state index contributed by atoms with van der Waals surface area (Å²) in [5, 5.41) is 4.69. The topological polar surface area (TPSA) is 30.7 Å². The van der Waals surface area contributed by atoms with Crippen LogP contribution in [0.5, 0.6) is 0 Å². The van der Waals surface area contributed by atoms with Gasteiger partial charge in [0.15, 0.2) is 5.82 Å². The number of nitrogens with zero attached hydrogens (tertiary/aromatic N) is 3. The molecule has 0 aliphatic heterocycles. The van der Waals surface area contributed by atoms with Crippen molar-refractivity contribution in [2.75, 3.05) is 0 Å². The number of hydrogen-bond donors (Lipinski definition) is 0. The van der Waals surface area contributed by atoms with Gasteiger partial charge in [-0.1, -0.05) is 68.4 Å². The number of para-hydroxylation sites is 1. The van der Waals surface area contributed by atoms with Crippen LogP contribution in [-0.4, -0.2) is 14.8 Å². The predicted octanol–water partition coefficient (Wildman–Crippen LogP) is 5.86. The summed E-state index contributed by atoms with van der Waals surface area (Å²) in [7, 11) is 0. The molecule has 0 saturated carbocycles. The Bertz CT molecular complexity index is 1210. The lowest BCUT2D eigenvalue weighted by molar-refractivity contribution is 0.660. The van der Waals surface area contributed by atoms with E-state index in [1.54, 1.807) is 0 Å². The zero-order valence-electron chi connectivity index (χ0n) is 16.7. The fourth-order valence-electron chi connectivity index (χ4n) is 4.41. The second kappa shape index (κ2) is 5.90. The van der Waals surface area contributed by atoms with E-state index in [-0.39, 0.29) is 5.41 Å². The molecule has 1 aliphatic rings. The lowest BCUT2D eigenvalue weighted by atomic mass is 9.82. The molecule has 0 unspecified atom stereocenters. The van der Waals surface area contributed by atoms with Gasteiger partial charge in [0.2, 0.25) is 0 Å². The molecule has 138 valence electrons. The van der Waals surface area contributed by atoms with Crippen LogP contribution in [0.1, 0.15) is 36.4 Å². The quantitative estimate of drug-likeness (QED) is 0.445. The molecule has 0 N–H and O–H groups in total. The van der Waals surface area contributed by atoms with Crippen LogP contribution in [0.3, 0.4) is 0 Å². The summed E-state index contributed by atoms with van der Waals surface area (Å²) in [5.41, 5.74) is 8.73. The molecule has 3 aromatic carbocycles. The number of rotatable bonds is 2. The van der Waals surface area contributed by atoms with Gasteiger partial charge in [-0.15, -0.1) is 0 Å². The van der Waals surface area contributed by atoms with Crippen LogP contribution in [0.15, 0.2) is 66.7 Å². The van der Waals surface area contributed by atoms with Crippen molar-refractivity contribution in [3.8, 4) is 28.2 Å². The van der Waals surface area contributed by atoms with E-state index >= 15 is 0 Å². The van der Waals surface area contributed by atoms with E-state index in [2.05, 4.69) is 81.4 Å². The van der Waals surface area contributed by atoms with E-state index in [1.165, 1.54) is 27.8 Å². The summed E-state index contributed by atoms with van der Waals surface area (Å²) in [6.45, 7) is 8.67. The fraction of sp³-hybridized carbons (Fsp3) is 0.200. The summed E-state index contributed by atoms with van der Waals surface area (Å²) >= 11 is 0. The van der Waals surface area contributed by atoms with Crippen LogP contribution in [0.2, 0.25) is 0 Å². The molecule has 0 atom stereocenters. The zero-order chi connectivity index (χ0) is 19.5. The highest BCUT2D eigenvalue weighted by molar-refractivity contribution is 5.83. The van der Waals surface area contributed by atoms with Crippen LogP contribution in [-0.2, 0) is 5.41 Å². The van der Waals surface area contributed by atoms with Gasteiger partial charge in [0.25, 0.3) is 0 Å². The molecule has 3 nitrogen and oxygen atoms in total. The van der Waals surface area contributed by atoms with Gasteiger partial charge >= 0.3 is 0 Å². The lowest BCUT2D eigenvalue weighted by Crippen LogP contribution is -2.15. The van der Waals surface area contributed by atoms with E-state index in [9.17, 15) is 0 Å². The molecule has 0 amide bonds. The first-order valence-corrected chi connectivity index (χ1v) is 9.71. The molecule has 0 radical (unpaired) electrons. The summed E-state index contributed by atoms with van der Waals surface area (Å²) in [4.78, 5) is 4.77. The van der Waals surface area contributed by atoms with Gasteiger partial charge in [0, 0.05) is 11.0 Å². The molecule has 0 bridgehead atoms. The molecule has 3 heteroatoms. The predicted molar refractivity (Wildman–Crippen MR) is 114 cm³/mol. The fourth-order valence-corrected chi connectivity index (χ4v) is 4.41. The number of hydrogen-bond acceptors (Lipinski definition) is 2. The van der Waals surface area contributed by atoms with Gasteiger partial charge in [-0.3, -0.25) is 0 Å². The van der Waals surface area contributed by atoms with Crippen molar-refractivity contribution >= 4 is 0 Å². The molecule has 1 aliphatic carbocycles. The van der Waals surface area contributed by atoms with Crippen LogP contribution in [0.25, 0.3) is 28.2 Å². The van der Waals surface area contributed by atoms with E-state index in [0.717, 1.165) is 22.9 Å². The molecule has 28 heavy (non-hydrogen) atoms. The summed E-state index contributed by atoms with van der Waals surface area (Å²) in [6.07, 6.45) is 0.